The number of hydrogen-bond acceptors (Lipinski definition) is 4. The minimum Gasteiger partial charge on any atom is -0.487 e. The third-order valence-electron chi connectivity index (χ3n) is 4.60. The van der Waals surface area contributed by atoms with Crippen molar-refractivity contribution in [2.24, 2.45) is 5.73 Å². The van der Waals surface area contributed by atoms with Crippen molar-refractivity contribution in [1.82, 2.24) is 4.98 Å². The van der Waals surface area contributed by atoms with E-state index in [4.69, 9.17) is 10.5 Å². The van der Waals surface area contributed by atoms with E-state index >= 15 is 0 Å². The Balaban J connectivity index is 1.46. The largest absolute Gasteiger partial charge is 0.487 e. The number of carbonyl (C=O) groups is 1. The highest BCUT2D eigenvalue weighted by Gasteiger charge is 2.25. The molecule has 6 heteroatoms. The summed E-state index contributed by atoms with van der Waals surface area (Å²) in [4.78, 5) is 16.3. The Morgan fingerprint density at radius 2 is 2.24 bits per heavy atom. The molecule has 1 aliphatic rings. The third kappa shape index (κ3) is 2.98. The van der Waals surface area contributed by atoms with E-state index in [1.165, 1.54) is 4.88 Å². The Bertz CT molecular complexity index is 928. The number of benzene rings is 1. The molecule has 2 aromatic heterocycles. The first-order chi connectivity index (χ1) is 12.1. The molecule has 130 valence electrons. The van der Waals surface area contributed by atoms with Crippen LogP contribution in [0.3, 0.4) is 0 Å². The van der Waals surface area contributed by atoms with E-state index < -0.39 is 0 Å². The second-order valence-corrected chi connectivity index (χ2v) is 7.54. The molecule has 1 amide bonds. The number of fused-ring (bicyclic) bond motifs is 2. The number of hydrogen-bond donors (Lipinski definition) is 3. The third-order valence-corrected chi connectivity index (χ3v) is 5.85. The summed E-state index contributed by atoms with van der Waals surface area (Å²) >= 11 is 1.66. The number of aromatic amines is 1. The molecule has 1 atom stereocenters. The molecular formula is C19H21N3O2S. The molecular weight excluding hydrogens is 334 g/mol. The van der Waals surface area contributed by atoms with Gasteiger partial charge in [-0.1, -0.05) is 12.1 Å². The molecule has 4 rings (SSSR count). The predicted molar refractivity (Wildman–Crippen MR) is 102 cm³/mol. The second-order valence-electron chi connectivity index (χ2n) is 6.43. The van der Waals surface area contributed by atoms with E-state index in [1.54, 1.807) is 11.3 Å². The molecule has 0 bridgehead atoms. The number of nitrogens with two attached hydrogens (primary N) is 1. The molecule has 2 heterocycles. The topological polar surface area (TPSA) is 80.1 Å². The molecule has 0 aliphatic heterocycles. The van der Waals surface area contributed by atoms with E-state index in [-0.39, 0.29) is 12.0 Å². The summed E-state index contributed by atoms with van der Waals surface area (Å²) in [5, 5.41) is 5.32. The van der Waals surface area contributed by atoms with Crippen molar-refractivity contribution in [1.29, 1.82) is 0 Å². The van der Waals surface area contributed by atoms with Crippen LogP contribution in [0, 0.1) is 0 Å². The maximum absolute atomic E-state index is 11.8. The van der Waals surface area contributed by atoms with Crippen LogP contribution in [0.25, 0.3) is 10.9 Å². The van der Waals surface area contributed by atoms with Crippen molar-refractivity contribution in [3.8, 4) is 5.75 Å². The maximum Gasteiger partial charge on any atom is 0.251 e. The van der Waals surface area contributed by atoms with E-state index in [9.17, 15) is 4.79 Å². The zero-order chi connectivity index (χ0) is 17.4. The van der Waals surface area contributed by atoms with Gasteiger partial charge in [-0.15, -0.1) is 11.3 Å². The molecule has 1 aromatic carbocycles. The van der Waals surface area contributed by atoms with E-state index in [0.29, 0.717) is 12.1 Å². The average molecular weight is 355 g/mol. The van der Waals surface area contributed by atoms with Crippen LogP contribution in [0.5, 0.6) is 5.75 Å². The van der Waals surface area contributed by atoms with Gasteiger partial charge in [0.2, 0.25) is 0 Å². The number of carbonyl (C=O) groups excluding carboxylic acids is 1. The van der Waals surface area contributed by atoms with E-state index in [2.05, 4.69) is 10.3 Å². The van der Waals surface area contributed by atoms with Gasteiger partial charge in [0, 0.05) is 22.0 Å². The molecule has 0 radical (unpaired) electrons. The monoisotopic (exact) mass is 355 g/mol. The summed E-state index contributed by atoms with van der Waals surface area (Å²) in [7, 11) is 0. The molecule has 0 spiro atoms. The van der Waals surface area contributed by atoms with Crippen LogP contribution >= 0.6 is 11.3 Å². The Hall–Kier alpha value is -2.47. The molecule has 3 aromatic rings. The van der Waals surface area contributed by atoms with Crippen LogP contribution < -0.4 is 15.8 Å². The highest BCUT2D eigenvalue weighted by Crippen LogP contribution is 2.38. The lowest BCUT2D eigenvalue weighted by Gasteiger charge is -2.15. The number of amides is 1. The summed E-state index contributed by atoms with van der Waals surface area (Å²) in [6.45, 7) is 2.62. The highest BCUT2D eigenvalue weighted by molar-refractivity contribution is 7.16. The fourth-order valence-corrected chi connectivity index (χ4v) is 4.73. The van der Waals surface area contributed by atoms with Gasteiger partial charge >= 0.3 is 0 Å². The summed E-state index contributed by atoms with van der Waals surface area (Å²) in [6, 6.07) is 8.06. The van der Waals surface area contributed by atoms with Crippen molar-refractivity contribution in [3.05, 3.63) is 46.5 Å². The average Bonchev–Trinajstić information content (AvgIpc) is 3.27. The number of aromatic nitrogens is 1. The molecule has 25 heavy (non-hydrogen) atoms. The second kappa shape index (κ2) is 6.44. The van der Waals surface area contributed by atoms with Crippen LogP contribution in [0.1, 0.15) is 34.1 Å². The summed E-state index contributed by atoms with van der Waals surface area (Å²) in [5.41, 5.74) is 8.48. The van der Waals surface area contributed by atoms with Gasteiger partial charge in [0.25, 0.3) is 5.91 Å². The van der Waals surface area contributed by atoms with Gasteiger partial charge in [-0.2, -0.15) is 0 Å². The first-order valence-corrected chi connectivity index (χ1v) is 9.36. The zero-order valence-electron chi connectivity index (χ0n) is 14.1. The van der Waals surface area contributed by atoms with Crippen molar-refractivity contribution in [3.63, 3.8) is 0 Å². The van der Waals surface area contributed by atoms with Crippen molar-refractivity contribution in [2.45, 2.75) is 32.3 Å². The molecule has 5 nitrogen and oxygen atoms in total. The number of H-pyrrole nitrogens is 1. The van der Waals surface area contributed by atoms with Gasteiger partial charge < -0.3 is 20.8 Å². The van der Waals surface area contributed by atoms with Crippen LogP contribution in [-0.4, -0.2) is 23.5 Å². The highest BCUT2D eigenvalue weighted by atomic mass is 32.1. The van der Waals surface area contributed by atoms with E-state index in [1.807, 2.05) is 37.4 Å². The molecule has 1 aliphatic carbocycles. The summed E-state index contributed by atoms with van der Waals surface area (Å²) in [5.74, 6) is 0.501. The number of ether oxygens (including phenoxy) is 1. The Morgan fingerprint density at radius 1 is 1.40 bits per heavy atom. The van der Waals surface area contributed by atoms with Gasteiger partial charge in [-0.3, -0.25) is 4.79 Å². The fourth-order valence-electron chi connectivity index (χ4n) is 3.43. The molecule has 4 N–H and O–H groups in total. The SMILES string of the molecule is CC(CNc1sc2c(c1C(N)=O)CCC2)Oc1c[nH]c2ccccc12. The van der Waals surface area contributed by atoms with Crippen molar-refractivity contribution in [2.75, 3.05) is 11.9 Å². The predicted octanol–water partition coefficient (Wildman–Crippen LogP) is 3.70. The lowest BCUT2D eigenvalue weighted by atomic mass is 10.1. The van der Waals surface area contributed by atoms with Gasteiger partial charge in [-0.25, -0.2) is 0 Å². The van der Waals surface area contributed by atoms with Crippen molar-refractivity contribution < 1.29 is 9.53 Å². The minimum absolute atomic E-state index is 0.0446. The van der Waals surface area contributed by atoms with Crippen molar-refractivity contribution >= 4 is 33.1 Å². The number of para-hydroxylation sites is 1. The summed E-state index contributed by atoms with van der Waals surface area (Å²) in [6.07, 6.45) is 4.95. The van der Waals surface area contributed by atoms with Gasteiger partial charge in [0.1, 0.15) is 16.9 Å². The van der Waals surface area contributed by atoms with Crippen LogP contribution in [0.15, 0.2) is 30.5 Å². The zero-order valence-corrected chi connectivity index (χ0v) is 14.9. The van der Waals surface area contributed by atoms with Crippen LogP contribution in [0.4, 0.5) is 5.00 Å². The number of nitrogens with one attached hydrogen (secondary N) is 2. The normalized spacial score (nSPS) is 14.4. The lowest BCUT2D eigenvalue weighted by molar-refractivity contribution is 0.100. The molecule has 0 saturated carbocycles. The standard InChI is InChI=1S/C19H21N3O2S/c1-11(24-15-10-21-14-7-3-2-5-12(14)15)9-22-19-17(18(20)23)13-6-4-8-16(13)25-19/h2-3,5,7,10-11,21-22H,4,6,8-9H2,1H3,(H2,20,23). The molecule has 0 saturated heterocycles. The number of primary amides is 1. The lowest BCUT2D eigenvalue weighted by Crippen LogP contribution is -2.23. The smallest absolute Gasteiger partial charge is 0.251 e. The number of rotatable bonds is 6. The first kappa shape index (κ1) is 16.0. The van der Waals surface area contributed by atoms with Crippen LogP contribution in [0.2, 0.25) is 0 Å². The Labute approximate surface area is 150 Å². The van der Waals surface area contributed by atoms with Gasteiger partial charge in [0.15, 0.2) is 0 Å². The number of anilines is 1. The molecule has 0 fully saturated rings. The van der Waals surface area contributed by atoms with Crippen LogP contribution in [-0.2, 0) is 12.8 Å². The minimum atomic E-state index is -0.341. The first-order valence-electron chi connectivity index (χ1n) is 8.54. The maximum atomic E-state index is 11.8. The number of aryl methyl sites for hydroxylation is 1. The quantitative estimate of drug-likeness (QED) is 0.631. The van der Waals surface area contributed by atoms with E-state index in [0.717, 1.165) is 46.5 Å². The van der Waals surface area contributed by atoms with Gasteiger partial charge in [0.05, 0.1) is 12.1 Å². The molecule has 1 unspecified atom stereocenters. The fraction of sp³-hybridized carbons (Fsp3) is 0.316. The number of thiophene rings is 1. The Kier molecular flexibility index (Phi) is 4.13. The van der Waals surface area contributed by atoms with Gasteiger partial charge in [-0.05, 0) is 43.9 Å². The summed E-state index contributed by atoms with van der Waals surface area (Å²) < 4.78 is 6.06. The Morgan fingerprint density at radius 3 is 3.08 bits per heavy atom.